The van der Waals surface area contributed by atoms with Crippen LogP contribution in [0.3, 0.4) is 0 Å². The quantitative estimate of drug-likeness (QED) is 0.622. The first-order valence-corrected chi connectivity index (χ1v) is 8.12. The summed E-state index contributed by atoms with van der Waals surface area (Å²) >= 11 is 9.36. The fourth-order valence-electron chi connectivity index (χ4n) is 2.29. The zero-order chi connectivity index (χ0) is 17.3. The van der Waals surface area contributed by atoms with Gasteiger partial charge in [-0.3, -0.25) is 4.79 Å². The molecular formula is C17H12BrClN2O3. The van der Waals surface area contributed by atoms with Gasteiger partial charge in [0.25, 0.3) is 5.91 Å². The van der Waals surface area contributed by atoms with Gasteiger partial charge < -0.3 is 15.0 Å². The van der Waals surface area contributed by atoms with E-state index in [1.54, 1.807) is 12.1 Å². The van der Waals surface area contributed by atoms with Crippen LogP contribution >= 0.6 is 27.5 Å². The summed E-state index contributed by atoms with van der Waals surface area (Å²) in [4.78, 5) is 27.1. The van der Waals surface area contributed by atoms with E-state index in [0.717, 1.165) is 15.4 Å². The Kier molecular flexibility index (Phi) is 4.59. The van der Waals surface area contributed by atoms with Crippen molar-refractivity contribution < 1.29 is 14.3 Å². The number of methoxy groups -OCH3 is 1. The molecule has 0 spiro atoms. The molecule has 2 N–H and O–H groups in total. The summed E-state index contributed by atoms with van der Waals surface area (Å²) in [6, 6.07) is 12.1. The Morgan fingerprint density at radius 2 is 1.96 bits per heavy atom. The number of carbonyl (C=O) groups is 2. The number of ether oxygens (including phenoxy) is 1. The van der Waals surface area contributed by atoms with Crippen LogP contribution in [0.25, 0.3) is 10.9 Å². The van der Waals surface area contributed by atoms with Crippen LogP contribution < -0.4 is 5.32 Å². The monoisotopic (exact) mass is 406 g/mol. The van der Waals surface area contributed by atoms with Crippen molar-refractivity contribution in [2.45, 2.75) is 0 Å². The number of aromatic amines is 1. The summed E-state index contributed by atoms with van der Waals surface area (Å²) in [5.74, 6) is -0.882. The second kappa shape index (κ2) is 6.67. The first-order chi connectivity index (χ1) is 11.5. The third kappa shape index (κ3) is 3.29. The van der Waals surface area contributed by atoms with Crippen LogP contribution in [0.5, 0.6) is 0 Å². The minimum absolute atomic E-state index is 0.192. The predicted molar refractivity (Wildman–Crippen MR) is 96.7 cm³/mol. The van der Waals surface area contributed by atoms with Gasteiger partial charge in [-0.05, 0) is 36.4 Å². The number of anilines is 1. The Labute approximate surface area is 151 Å². The third-order valence-corrected chi connectivity index (χ3v) is 4.28. The molecule has 1 heterocycles. The molecule has 122 valence electrons. The van der Waals surface area contributed by atoms with Gasteiger partial charge in [-0.2, -0.15) is 0 Å². The maximum atomic E-state index is 12.4. The molecule has 3 rings (SSSR count). The summed E-state index contributed by atoms with van der Waals surface area (Å²) in [5, 5.41) is 3.92. The van der Waals surface area contributed by atoms with Gasteiger partial charge in [0.2, 0.25) is 0 Å². The van der Waals surface area contributed by atoms with Crippen LogP contribution in [0.2, 0.25) is 5.02 Å². The predicted octanol–water partition coefficient (Wildman–Crippen LogP) is 4.62. The van der Waals surface area contributed by atoms with Gasteiger partial charge in [0, 0.05) is 21.1 Å². The number of hydrogen-bond acceptors (Lipinski definition) is 3. The Balaban J connectivity index is 1.87. The van der Waals surface area contributed by atoms with Crippen LogP contribution in [0.1, 0.15) is 20.8 Å². The highest BCUT2D eigenvalue weighted by atomic mass is 79.9. The molecule has 0 aliphatic rings. The zero-order valence-corrected chi connectivity index (χ0v) is 14.9. The molecule has 7 heteroatoms. The van der Waals surface area contributed by atoms with E-state index in [1.165, 1.54) is 19.2 Å². The molecule has 5 nitrogen and oxygen atoms in total. The number of H-pyrrole nitrogens is 1. The van der Waals surface area contributed by atoms with Crippen LogP contribution in [0, 0.1) is 0 Å². The highest BCUT2D eigenvalue weighted by Gasteiger charge is 2.14. The van der Waals surface area contributed by atoms with Gasteiger partial charge >= 0.3 is 5.97 Å². The largest absolute Gasteiger partial charge is 0.465 e. The lowest BCUT2D eigenvalue weighted by molar-refractivity contribution is 0.0600. The normalized spacial score (nSPS) is 10.6. The van der Waals surface area contributed by atoms with Gasteiger partial charge in [-0.15, -0.1) is 0 Å². The SMILES string of the molecule is COC(=O)c1cc(NC(=O)c2cc3ccc(Br)cc3[nH]2)ccc1Cl. The van der Waals surface area contributed by atoms with Crippen molar-refractivity contribution in [1.29, 1.82) is 0 Å². The van der Waals surface area contributed by atoms with Gasteiger partial charge in [0.05, 0.1) is 17.7 Å². The van der Waals surface area contributed by atoms with Crippen molar-refractivity contribution in [2.75, 3.05) is 12.4 Å². The smallest absolute Gasteiger partial charge is 0.339 e. The van der Waals surface area contributed by atoms with E-state index in [4.69, 9.17) is 11.6 Å². The molecule has 24 heavy (non-hydrogen) atoms. The Hall–Kier alpha value is -2.31. The summed E-state index contributed by atoms with van der Waals surface area (Å²) in [5.41, 5.74) is 1.90. The Morgan fingerprint density at radius 1 is 1.17 bits per heavy atom. The van der Waals surface area contributed by atoms with Gasteiger partial charge in [-0.1, -0.05) is 33.6 Å². The number of hydrogen-bond donors (Lipinski definition) is 2. The number of esters is 1. The minimum atomic E-state index is -0.563. The topological polar surface area (TPSA) is 71.2 Å². The van der Waals surface area contributed by atoms with Crippen molar-refractivity contribution in [3.63, 3.8) is 0 Å². The number of aromatic nitrogens is 1. The van der Waals surface area contributed by atoms with Crippen LogP contribution in [-0.2, 0) is 4.74 Å². The maximum Gasteiger partial charge on any atom is 0.339 e. The van der Waals surface area contributed by atoms with E-state index in [-0.39, 0.29) is 16.5 Å². The lowest BCUT2D eigenvalue weighted by Gasteiger charge is -2.07. The van der Waals surface area contributed by atoms with Crippen molar-refractivity contribution >= 4 is 56.0 Å². The van der Waals surface area contributed by atoms with E-state index < -0.39 is 5.97 Å². The fourth-order valence-corrected chi connectivity index (χ4v) is 2.85. The van der Waals surface area contributed by atoms with E-state index in [1.807, 2.05) is 18.2 Å². The number of fused-ring (bicyclic) bond motifs is 1. The third-order valence-electron chi connectivity index (χ3n) is 3.46. The van der Waals surface area contributed by atoms with Crippen LogP contribution in [0.4, 0.5) is 5.69 Å². The van der Waals surface area contributed by atoms with E-state index in [9.17, 15) is 9.59 Å². The summed E-state index contributed by atoms with van der Waals surface area (Å²) in [6.07, 6.45) is 0. The van der Waals surface area contributed by atoms with E-state index >= 15 is 0 Å². The molecule has 3 aromatic rings. The van der Waals surface area contributed by atoms with Crippen LogP contribution in [-0.4, -0.2) is 24.0 Å². The number of nitrogens with one attached hydrogen (secondary N) is 2. The Morgan fingerprint density at radius 3 is 2.71 bits per heavy atom. The molecular weight excluding hydrogens is 396 g/mol. The molecule has 0 aliphatic carbocycles. The molecule has 1 aromatic heterocycles. The number of rotatable bonds is 3. The van der Waals surface area contributed by atoms with Crippen molar-refractivity contribution in [3.8, 4) is 0 Å². The second-order valence-corrected chi connectivity index (χ2v) is 6.38. The van der Waals surface area contributed by atoms with Crippen molar-refractivity contribution in [3.05, 3.63) is 63.2 Å². The highest BCUT2D eigenvalue weighted by molar-refractivity contribution is 9.10. The summed E-state index contributed by atoms with van der Waals surface area (Å²) < 4.78 is 5.59. The molecule has 2 aromatic carbocycles. The lowest BCUT2D eigenvalue weighted by atomic mass is 10.2. The molecule has 0 radical (unpaired) electrons. The zero-order valence-electron chi connectivity index (χ0n) is 12.5. The number of halogens is 2. The fraction of sp³-hybridized carbons (Fsp3) is 0.0588. The molecule has 0 saturated carbocycles. The number of benzene rings is 2. The van der Waals surface area contributed by atoms with E-state index in [0.29, 0.717) is 11.4 Å². The van der Waals surface area contributed by atoms with Crippen molar-refractivity contribution in [2.24, 2.45) is 0 Å². The molecule has 0 fully saturated rings. The number of amides is 1. The van der Waals surface area contributed by atoms with E-state index in [2.05, 4.69) is 31.0 Å². The van der Waals surface area contributed by atoms with Crippen LogP contribution in [0.15, 0.2) is 46.9 Å². The molecule has 0 atom stereocenters. The maximum absolute atomic E-state index is 12.4. The highest BCUT2D eigenvalue weighted by Crippen LogP contribution is 2.23. The Bertz CT molecular complexity index is 952. The lowest BCUT2D eigenvalue weighted by Crippen LogP contribution is -2.13. The average Bonchev–Trinajstić information content (AvgIpc) is 2.99. The standard InChI is InChI=1S/C17H12BrClN2O3/c1-24-17(23)12-8-11(4-5-13(12)19)20-16(22)15-6-9-2-3-10(18)7-14(9)21-15/h2-8,21H,1H3,(H,20,22). The molecule has 0 aliphatic heterocycles. The summed E-state index contributed by atoms with van der Waals surface area (Å²) in [7, 11) is 1.27. The molecule has 0 unspecified atom stereocenters. The van der Waals surface area contributed by atoms with Gasteiger partial charge in [0.1, 0.15) is 5.69 Å². The first-order valence-electron chi connectivity index (χ1n) is 6.95. The molecule has 0 bridgehead atoms. The van der Waals surface area contributed by atoms with Crippen molar-refractivity contribution in [1.82, 2.24) is 4.98 Å². The summed E-state index contributed by atoms with van der Waals surface area (Å²) in [6.45, 7) is 0. The second-order valence-electron chi connectivity index (χ2n) is 5.05. The average molecular weight is 408 g/mol. The number of carbonyl (C=O) groups excluding carboxylic acids is 2. The minimum Gasteiger partial charge on any atom is -0.465 e. The molecule has 0 saturated heterocycles. The first kappa shape index (κ1) is 16.5. The van der Waals surface area contributed by atoms with Gasteiger partial charge in [-0.25, -0.2) is 4.79 Å². The van der Waals surface area contributed by atoms with Gasteiger partial charge in [0.15, 0.2) is 0 Å². The molecule has 1 amide bonds.